The molecule has 1 rings (SSSR count). The summed E-state index contributed by atoms with van der Waals surface area (Å²) in [5, 5.41) is 0. The Bertz CT molecular complexity index is 290. The summed E-state index contributed by atoms with van der Waals surface area (Å²) >= 11 is 0. The lowest BCUT2D eigenvalue weighted by Gasteiger charge is -2.50. The second-order valence-corrected chi connectivity index (χ2v) is 9.03. The average molecular weight is 272 g/mol. The minimum Gasteiger partial charge on any atom is -0.465 e. The number of ether oxygens (including phenoxy) is 1. The predicted molar refractivity (Wildman–Crippen MR) is 76.1 cm³/mol. The second-order valence-electron chi connectivity index (χ2n) is 6.66. The van der Waals surface area contributed by atoms with Crippen molar-refractivity contribution >= 4 is 15.0 Å². The van der Waals surface area contributed by atoms with Gasteiger partial charge in [0.1, 0.15) is 0 Å². The molecule has 1 saturated carbocycles. The predicted octanol–water partition coefficient (Wildman–Crippen LogP) is 3.13. The Balaban J connectivity index is 2.97. The number of carbonyl (C=O) groups is 1. The first-order valence-electron chi connectivity index (χ1n) is 7.06. The molecule has 0 aromatic carbocycles. The molecule has 1 aliphatic rings. The minimum absolute atomic E-state index is 0.00975. The van der Waals surface area contributed by atoms with E-state index in [-0.39, 0.29) is 22.9 Å². The molecule has 0 aliphatic heterocycles. The van der Waals surface area contributed by atoms with Crippen molar-refractivity contribution in [2.75, 3.05) is 6.61 Å². The van der Waals surface area contributed by atoms with E-state index >= 15 is 0 Å². The highest BCUT2D eigenvalue weighted by molar-refractivity contribution is 6.48. The molecule has 3 nitrogen and oxygen atoms in total. The molecule has 4 heteroatoms. The summed E-state index contributed by atoms with van der Waals surface area (Å²) in [5.41, 5.74) is -0.407. The summed E-state index contributed by atoms with van der Waals surface area (Å²) in [6, 6.07) is 0. The first-order chi connectivity index (χ1) is 8.24. The van der Waals surface area contributed by atoms with Crippen molar-refractivity contribution in [1.82, 2.24) is 0 Å². The van der Waals surface area contributed by atoms with Crippen LogP contribution in [-0.4, -0.2) is 27.7 Å². The van der Waals surface area contributed by atoms with Crippen LogP contribution in [0.25, 0.3) is 0 Å². The molecule has 1 fully saturated rings. The molecule has 0 amide bonds. The number of hydrogen-bond acceptors (Lipinski definition) is 3. The fraction of sp³-hybridized carbons (Fsp3) is 0.929. The smallest absolute Gasteiger partial charge is 0.314 e. The Morgan fingerprint density at radius 2 is 1.89 bits per heavy atom. The van der Waals surface area contributed by atoms with Gasteiger partial charge in [-0.25, -0.2) is 0 Å². The van der Waals surface area contributed by atoms with Gasteiger partial charge in [-0.05, 0) is 38.3 Å². The quantitative estimate of drug-likeness (QED) is 0.570. The van der Waals surface area contributed by atoms with Crippen LogP contribution in [0.2, 0.25) is 13.1 Å². The van der Waals surface area contributed by atoms with Gasteiger partial charge in [0, 0.05) is 0 Å². The van der Waals surface area contributed by atoms with Crippen LogP contribution in [0.5, 0.6) is 0 Å². The Labute approximate surface area is 113 Å². The first-order valence-corrected chi connectivity index (χ1v) is 9.85. The van der Waals surface area contributed by atoms with Gasteiger partial charge < -0.3 is 9.16 Å². The standard InChI is InChI=1S/C14H28O3Si/c1-7-16-12(15)14(9-8-10-14)11(13(2,3)4)17-18(5)6/h11,18H,7-10H2,1-6H3. The number of hydrogen-bond donors (Lipinski definition) is 0. The molecule has 0 saturated heterocycles. The van der Waals surface area contributed by atoms with Crippen molar-refractivity contribution in [3.63, 3.8) is 0 Å². The van der Waals surface area contributed by atoms with Gasteiger partial charge in [0.15, 0.2) is 9.04 Å². The molecule has 1 aliphatic carbocycles. The monoisotopic (exact) mass is 272 g/mol. The highest BCUT2D eigenvalue weighted by atomic mass is 28.3. The average Bonchev–Trinajstić information content (AvgIpc) is 2.12. The zero-order chi connectivity index (χ0) is 14.0. The van der Waals surface area contributed by atoms with Gasteiger partial charge in [-0.2, -0.15) is 0 Å². The highest BCUT2D eigenvalue weighted by Gasteiger charge is 2.55. The van der Waals surface area contributed by atoms with E-state index in [0.29, 0.717) is 6.61 Å². The molecule has 106 valence electrons. The minimum atomic E-state index is -1.18. The lowest BCUT2D eigenvalue weighted by atomic mass is 9.59. The summed E-state index contributed by atoms with van der Waals surface area (Å²) in [7, 11) is -1.18. The molecule has 18 heavy (non-hydrogen) atoms. The van der Waals surface area contributed by atoms with E-state index in [1.807, 2.05) is 6.92 Å². The summed E-state index contributed by atoms with van der Waals surface area (Å²) in [4.78, 5) is 12.3. The molecule has 0 aromatic heterocycles. The molecule has 0 N–H and O–H groups in total. The molecule has 0 radical (unpaired) electrons. The zero-order valence-corrected chi connectivity index (χ0v) is 13.9. The Morgan fingerprint density at radius 3 is 2.17 bits per heavy atom. The molecular weight excluding hydrogens is 244 g/mol. The van der Waals surface area contributed by atoms with Gasteiger partial charge >= 0.3 is 5.97 Å². The van der Waals surface area contributed by atoms with Gasteiger partial charge in [-0.15, -0.1) is 0 Å². The molecule has 0 spiro atoms. The Hall–Kier alpha value is -0.353. The molecule has 0 bridgehead atoms. The van der Waals surface area contributed by atoms with Crippen LogP contribution in [0.1, 0.15) is 47.0 Å². The van der Waals surface area contributed by atoms with E-state index in [4.69, 9.17) is 9.16 Å². The normalized spacial score (nSPS) is 20.4. The van der Waals surface area contributed by atoms with Crippen LogP contribution >= 0.6 is 0 Å². The van der Waals surface area contributed by atoms with Crippen LogP contribution in [0.3, 0.4) is 0 Å². The van der Waals surface area contributed by atoms with Crippen LogP contribution < -0.4 is 0 Å². The lowest BCUT2D eigenvalue weighted by molar-refractivity contribution is -0.177. The second kappa shape index (κ2) is 5.74. The van der Waals surface area contributed by atoms with Crippen LogP contribution in [0.4, 0.5) is 0 Å². The van der Waals surface area contributed by atoms with E-state index in [0.717, 1.165) is 19.3 Å². The molecule has 0 aromatic rings. The van der Waals surface area contributed by atoms with Gasteiger partial charge in [0.25, 0.3) is 0 Å². The number of rotatable bonds is 5. The first kappa shape index (κ1) is 15.7. The van der Waals surface area contributed by atoms with Crippen LogP contribution in [0.15, 0.2) is 0 Å². The van der Waals surface area contributed by atoms with Gasteiger partial charge in [0.05, 0.1) is 18.1 Å². The largest absolute Gasteiger partial charge is 0.465 e. The van der Waals surface area contributed by atoms with Gasteiger partial charge in [-0.1, -0.05) is 27.2 Å². The number of carbonyl (C=O) groups excluding carboxylic acids is 1. The van der Waals surface area contributed by atoms with Crippen molar-refractivity contribution in [2.24, 2.45) is 10.8 Å². The maximum absolute atomic E-state index is 12.3. The van der Waals surface area contributed by atoms with E-state index in [1.54, 1.807) is 0 Å². The van der Waals surface area contributed by atoms with E-state index in [1.165, 1.54) is 0 Å². The van der Waals surface area contributed by atoms with Crippen molar-refractivity contribution < 1.29 is 14.0 Å². The lowest BCUT2D eigenvalue weighted by Crippen LogP contribution is -2.56. The third kappa shape index (κ3) is 3.15. The zero-order valence-electron chi connectivity index (χ0n) is 12.7. The SMILES string of the molecule is CCOC(=O)C1(C(O[SiH](C)C)C(C)(C)C)CCC1. The molecule has 1 atom stereocenters. The van der Waals surface area contributed by atoms with Crippen LogP contribution in [-0.2, 0) is 14.0 Å². The maximum Gasteiger partial charge on any atom is 0.314 e. The summed E-state index contributed by atoms with van der Waals surface area (Å²) in [6.45, 7) is 13.1. The summed E-state index contributed by atoms with van der Waals surface area (Å²) in [5.74, 6) is -0.0502. The van der Waals surface area contributed by atoms with Crippen molar-refractivity contribution in [2.45, 2.75) is 66.2 Å². The molecule has 0 heterocycles. The van der Waals surface area contributed by atoms with Gasteiger partial charge in [0.2, 0.25) is 0 Å². The third-order valence-corrected chi connectivity index (χ3v) is 4.44. The van der Waals surface area contributed by atoms with Crippen molar-refractivity contribution in [3.05, 3.63) is 0 Å². The summed E-state index contributed by atoms with van der Waals surface area (Å²) in [6.07, 6.45) is 2.92. The number of esters is 1. The van der Waals surface area contributed by atoms with Crippen molar-refractivity contribution in [1.29, 1.82) is 0 Å². The van der Waals surface area contributed by atoms with E-state index < -0.39 is 9.04 Å². The van der Waals surface area contributed by atoms with Crippen molar-refractivity contribution in [3.8, 4) is 0 Å². The molecule has 1 unspecified atom stereocenters. The highest BCUT2D eigenvalue weighted by Crippen LogP contribution is 2.51. The fourth-order valence-corrected chi connectivity index (χ4v) is 4.05. The van der Waals surface area contributed by atoms with E-state index in [9.17, 15) is 4.79 Å². The summed E-state index contributed by atoms with van der Waals surface area (Å²) < 4.78 is 11.5. The Kier molecular flexibility index (Phi) is 5.01. The van der Waals surface area contributed by atoms with Gasteiger partial charge in [-0.3, -0.25) is 4.79 Å². The maximum atomic E-state index is 12.3. The fourth-order valence-electron chi connectivity index (χ4n) is 2.84. The Morgan fingerprint density at radius 1 is 1.33 bits per heavy atom. The van der Waals surface area contributed by atoms with Crippen LogP contribution in [0, 0.1) is 10.8 Å². The van der Waals surface area contributed by atoms with E-state index in [2.05, 4.69) is 33.9 Å². The third-order valence-electron chi connectivity index (χ3n) is 3.62. The molecular formula is C14H28O3Si. The topological polar surface area (TPSA) is 35.5 Å².